The summed E-state index contributed by atoms with van der Waals surface area (Å²) in [5.41, 5.74) is 4.81. The van der Waals surface area contributed by atoms with Crippen LogP contribution in [0.15, 0.2) is 53.8 Å². The normalized spacial score (nSPS) is 10.9. The summed E-state index contributed by atoms with van der Waals surface area (Å²) < 4.78 is 10.3. The van der Waals surface area contributed by atoms with Crippen LogP contribution >= 0.6 is 0 Å². The zero-order valence-electron chi connectivity index (χ0n) is 13.4. The minimum Gasteiger partial charge on any atom is -0.497 e. The average molecular weight is 323 g/mol. The van der Waals surface area contributed by atoms with Crippen LogP contribution in [0.4, 0.5) is 0 Å². The Hall–Kier alpha value is -3.28. The Balaban J connectivity index is 1.76. The van der Waals surface area contributed by atoms with Crippen LogP contribution < -0.4 is 14.9 Å². The zero-order valence-corrected chi connectivity index (χ0v) is 13.4. The van der Waals surface area contributed by atoms with E-state index in [4.69, 9.17) is 9.47 Å². The number of benzene rings is 2. The van der Waals surface area contributed by atoms with Crippen LogP contribution in [0.3, 0.4) is 0 Å². The number of H-pyrrole nitrogens is 1. The molecule has 0 aliphatic rings. The van der Waals surface area contributed by atoms with Crippen LogP contribution in [-0.2, 0) is 0 Å². The molecule has 2 aromatic carbocycles. The summed E-state index contributed by atoms with van der Waals surface area (Å²) in [6.07, 6.45) is 3.45. The van der Waals surface area contributed by atoms with Crippen LogP contribution in [0.25, 0.3) is 10.9 Å². The van der Waals surface area contributed by atoms with Gasteiger partial charge in [-0.25, -0.2) is 5.43 Å². The SMILES string of the molecule is COc1ccc(C(=O)NN=Cc2c[nH]c3ccccc23)c(OC)c1. The number of carbonyl (C=O) groups is 1. The molecule has 0 saturated heterocycles. The lowest BCUT2D eigenvalue weighted by Crippen LogP contribution is -2.18. The number of nitrogens with zero attached hydrogens (tertiary/aromatic N) is 1. The van der Waals surface area contributed by atoms with Crippen molar-refractivity contribution in [1.29, 1.82) is 0 Å². The molecule has 0 bridgehead atoms. The molecule has 3 rings (SSSR count). The lowest BCUT2D eigenvalue weighted by Gasteiger charge is -2.08. The molecule has 0 aliphatic carbocycles. The first kappa shape index (κ1) is 15.6. The molecule has 0 spiro atoms. The van der Waals surface area contributed by atoms with Crippen molar-refractivity contribution in [1.82, 2.24) is 10.4 Å². The number of nitrogens with one attached hydrogen (secondary N) is 2. The van der Waals surface area contributed by atoms with E-state index in [1.807, 2.05) is 30.5 Å². The van der Waals surface area contributed by atoms with Gasteiger partial charge in [-0.15, -0.1) is 0 Å². The number of methoxy groups -OCH3 is 2. The largest absolute Gasteiger partial charge is 0.497 e. The maximum absolute atomic E-state index is 12.3. The number of rotatable bonds is 5. The molecule has 2 N–H and O–H groups in total. The second-order valence-corrected chi connectivity index (χ2v) is 5.05. The highest BCUT2D eigenvalue weighted by molar-refractivity contribution is 6.01. The minimum atomic E-state index is -0.356. The van der Waals surface area contributed by atoms with E-state index < -0.39 is 0 Å². The quantitative estimate of drug-likeness (QED) is 0.560. The molecule has 3 aromatic rings. The van der Waals surface area contributed by atoms with E-state index in [-0.39, 0.29) is 5.91 Å². The Morgan fingerprint density at radius 1 is 1.17 bits per heavy atom. The number of carbonyl (C=O) groups excluding carboxylic acids is 1. The zero-order chi connectivity index (χ0) is 16.9. The van der Waals surface area contributed by atoms with Crippen LogP contribution in [0, 0.1) is 0 Å². The summed E-state index contributed by atoms with van der Waals surface area (Å²) in [5, 5.41) is 5.07. The van der Waals surface area contributed by atoms with E-state index >= 15 is 0 Å². The van der Waals surface area contributed by atoms with Gasteiger partial charge in [-0.2, -0.15) is 5.10 Å². The van der Waals surface area contributed by atoms with Crippen molar-refractivity contribution in [3.63, 3.8) is 0 Å². The molecule has 24 heavy (non-hydrogen) atoms. The van der Waals surface area contributed by atoms with Crippen molar-refractivity contribution in [2.24, 2.45) is 5.10 Å². The summed E-state index contributed by atoms with van der Waals surface area (Å²) >= 11 is 0. The third kappa shape index (κ3) is 3.08. The number of aromatic nitrogens is 1. The number of para-hydroxylation sites is 1. The van der Waals surface area contributed by atoms with Gasteiger partial charge < -0.3 is 14.5 Å². The van der Waals surface area contributed by atoms with Gasteiger partial charge in [0.25, 0.3) is 5.91 Å². The molecule has 0 aliphatic heterocycles. The number of hydrogen-bond donors (Lipinski definition) is 2. The third-order valence-electron chi connectivity index (χ3n) is 3.64. The maximum atomic E-state index is 12.3. The van der Waals surface area contributed by atoms with Crippen LogP contribution in [-0.4, -0.2) is 31.3 Å². The van der Waals surface area contributed by atoms with E-state index in [9.17, 15) is 4.79 Å². The Morgan fingerprint density at radius 3 is 2.79 bits per heavy atom. The van der Waals surface area contributed by atoms with Crippen LogP contribution in [0.5, 0.6) is 11.5 Å². The molecule has 1 heterocycles. The second-order valence-electron chi connectivity index (χ2n) is 5.05. The highest BCUT2D eigenvalue weighted by atomic mass is 16.5. The van der Waals surface area contributed by atoms with Crippen molar-refractivity contribution in [2.45, 2.75) is 0 Å². The van der Waals surface area contributed by atoms with Crippen LogP contribution in [0.2, 0.25) is 0 Å². The predicted molar refractivity (Wildman–Crippen MR) is 92.9 cm³/mol. The van der Waals surface area contributed by atoms with E-state index in [1.54, 1.807) is 31.5 Å². The molecule has 0 atom stereocenters. The Kier molecular flexibility index (Phi) is 4.47. The number of amides is 1. The average Bonchev–Trinajstić information content (AvgIpc) is 3.04. The monoisotopic (exact) mass is 323 g/mol. The van der Waals surface area contributed by atoms with Gasteiger partial charge in [0, 0.05) is 28.7 Å². The summed E-state index contributed by atoms with van der Waals surface area (Å²) in [6, 6.07) is 12.9. The third-order valence-corrected chi connectivity index (χ3v) is 3.64. The van der Waals surface area contributed by atoms with Gasteiger partial charge >= 0.3 is 0 Å². The van der Waals surface area contributed by atoms with Crippen molar-refractivity contribution in [3.8, 4) is 11.5 Å². The Morgan fingerprint density at radius 2 is 2.00 bits per heavy atom. The second kappa shape index (κ2) is 6.87. The summed E-state index contributed by atoms with van der Waals surface area (Å²) in [5.74, 6) is 0.686. The van der Waals surface area contributed by atoms with Gasteiger partial charge in [0.2, 0.25) is 0 Å². The van der Waals surface area contributed by atoms with Gasteiger partial charge in [0.15, 0.2) is 0 Å². The maximum Gasteiger partial charge on any atom is 0.275 e. The first-order valence-corrected chi connectivity index (χ1v) is 7.34. The molecule has 6 heteroatoms. The molecular formula is C18H17N3O3. The minimum absolute atomic E-state index is 0.356. The highest BCUT2D eigenvalue weighted by Gasteiger charge is 2.12. The number of hydrogen-bond acceptors (Lipinski definition) is 4. The fourth-order valence-electron chi connectivity index (χ4n) is 2.41. The van der Waals surface area contributed by atoms with E-state index in [2.05, 4.69) is 15.5 Å². The van der Waals surface area contributed by atoms with Gasteiger partial charge in [0.1, 0.15) is 11.5 Å². The topological polar surface area (TPSA) is 75.7 Å². The van der Waals surface area contributed by atoms with Gasteiger partial charge in [-0.3, -0.25) is 4.79 Å². The number of aromatic amines is 1. The molecule has 0 fully saturated rings. The van der Waals surface area contributed by atoms with Crippen molar-refractivity contribution in [3.05, 3.63) is 59.8 Å². The van der Waals surface area contributed by atoms with Crippen LogP contribution in [0.1, 0.15) is 15.9 Å². The van der Waals surface area contributed by atoms with E-state index in [1.165, 1.54) is 7.11 Å². The van der Waals surface area contributed by atoms with Gasteiger partial charge in [-0.1, -0.05) is 18.2 Å². The van der Waals surface area contributed by atoms with Gasteiger partial charge in [0.05, 0.1) is 26.0 Å². The molecule has 0 unspecified atom stereocenters. The highest BCUT2D eigenvalue weighted by Crippen LogP contribution is 2.24. The molecule has 122 valence electrons. The number of hydrazone groups is 1. The van der Waals surface area contributed by atoms with E-state index in [0.717, 1.165) is 16.5 Å². The molecular weight excluding hydrogens is 306 g/mol. The van der Waals surface area contributed by atoms with Gasteiger partial charge in [-0.05, 0) is 18.2 Å². The number of fused-ring (bicyclic) bond motifs is 1. The standard InChI is InChI=1S/C18H17N3O3/c1-23-13-7-8-15(17(9-13)24-2)18(22)21-20-11-12-10-19-16-6-4-3-5-14(12)16/h3-11,19H,1-2H3,(H,21,22). The summed E-state index contributed by atoms with van der Waals surface area (Å²) in [6.45, 7) is 0. The fourth-order valence-corrected chi connectivity index (χ4v) is 2.41. The lowest BCUT2D eigenvalue weighted by atomic mass is 10.2. The van der Waals surface area contributed by atoms with E-state index in [0.29, 0.717) is 17.1 Å². The molecule has 0 saturated carbocycles. The first-order chi connectivity index (χ1) is 11.7. The van der Waals surface area contributed by atoms with Crippen molar-refractivity contribution < 1.29 is 14.3 Å². The molecule has 1 amide bonds. The van der Waals surface area contributed by atoms with Crippen molar-refractivity contribution >= 4 is 23.0 Å². The summed E-state index contributed by atoms with van der Waals surface area (Å²) in [7, 11) is 3.06. The molecule has 1 aromatic heterocycles. The predicted octanol–water partition coefficient (Wildman–Crippen LogP) is 2.95. The lowest BCUT2D eigenvalue weighted by molar-refractivity contribution is 0.0952. The smallest absolute Gasteiger partial charge is 0.275 e. The fraction of sp³-hybridized carbons (Fsp3) is 0.111. The molecule has 6 nitrogen and oxygen atoms in total. The first-order valence-electron chi connectivity index (χ1n) is 7.34. The Labute approximate surface area is 139 Å². The van der Waals surface area contributed by atoms with Crippen molar-refractivity contribution in [2.75, 3.05) is 14.2 Å². The summed E-state index contributed by atoms with van der Waals surface area (Å²) in [4.78, 5) is 15.4. The number of ether oxygens (including phenoxy) is 2. The Bertz CT molecular complexity index is 899. The molecule has 0 radical (unpaired) electrons.